The Balaban J connectivity index is 5.13. The highest BCUT2D eigenvalue weighted by molar-refractivity contribution is 7.47. The smallest absolute Gasteiger partial charge is 0.462 e. The van der Waals surface area contributed by atoms with Gasteiger partial charge in [0.2, 0.25) is 0 Å². The van der Waals surface area contributed by atoms with Gasteiger partial charge in [0.15, 0.2) is 12.2 Å². The van der Waals surface area contributed by atoms with Gasteiger partial charge in [-0.3, -0.25) is 37.3 Å². The van der Waals surface area contributed by atoms with Crippen LogP contribution >= 0.6 is 15.6 Å². The summed E-state index contributed by atoms with van der Waals surface area (Å²) in [6, 6.07) is 0. The second kappa shape index (κ2) is 68.5. The zero-order valence-electron chi connectivity index (χ0n) is 63.5. The predicted molar refractivity (Wildman–Crippen MR) is 395 cm³/mol. The molecule has 0 aliphatic carbocycles. The third kappa shape index (κ3) is 69.5. The van der Waals surface area contributed by atoms with E-state index in [0.29, 0.717) is 25.7 Å². The second-order valence-electron chi connectivity index (χ2n) is 29.1. The van der Waals surface area contributed by atoms with Crippen LogP contribution in [-0.4, -0.2) is 96.7 Å². The molecule has 0 radical (unpaired) electrons. The molecular weight excluding hydrogens is 1270 g/mol. The van der Waals surface area contributed by atoms with E-state index < -0.39 is 97.5 Å². The van der Waals surface area contributed by atoms with E-state index in [9.17, 15) is 43.2 Å². The summed E-state index contributed by atoms with van der Waals surface area (Å²) in [6.07, 6.45) is 55.9. The van der Waals surface area contributed by atoms with Crippen LogP contribution in [0.25, 0.3) is 0 Å². The lowest BCUT2D eigenvalue weighted by molar-refractivity contribution is -0.161. The second-order valence-corrected chi connectivity index (χ2v) is 32.0. The van der Waals surface area contributed by atoms with Crippen LogP contribution < -0.4 is 0 Å². The standard InChI is InChI=1S/C78H152O17P2/c1-8-11-12-42-52-59-75(80)88-65-73(94-77(82)62-55-48-41-35-29-28-32-38-45-51-58-71(7)10-3)67-92-96(84,85)90-63-72(79)64-91-97(86,87)93-68-74(66-89-76(81)60-53-46-39-33-26-23-19-20-24-30-36-43-49-56-69(4)5)95-78(83)61-54-47-40-34-27-22-18-16-14-13-15-17-21-25-31-37-44-50-57-70(6)9-2/h69-74,79H,8-68H2,1-7H3,(H,84,85)(H,86,87)/t70?,71?,72-,73+,74+/m0/s1. The number of hydrogen-bond donors (Lipinski definition) is 3. The molecule has 0 aliphatic heterocycles. The number of aliphatic hydroxyl groups excluding tert-OH is 1. The fourth-order valence-corrected chi connectivity index (χ4v) is 13.5. The largest absolute Gasteiger partial charge is 0.472 e. The van der Waals surface area contributed by atoms with Gasteiger partial charge in [0.25, 0.3) is 0 Å². The Bertz CT molecular complexity index is 1890. The van der Waals surface area contributed by atoms with Gasteiger partial charge in [-0.25, -0.2) is 9.13 Å². The van der Waals surface area contributed by atoms with Crippen LogP contribution in [0.4, 0.5) is 0 Å². The maximum absolute atomic E-state index is 13.1. The molecule has 0 aliphatic rings. The molecular formula is C78H152O17P2. The average molecular weight is 1420 g/mol. The van der Waals surface area contributed by atoms with Crippen LogP contribution in [0.2, 0.25) is 0 Å². The number of carbonyl (C=O) groups is 4. The highest BCUT2D eigenvalue weighted by Gasteiger charge is 2.30. The molecule has 0 rings (SSSR count). The molecule has 4 unspecified atom stereocenters. The lowest BCUT2D eigenvalue weighted by atomic mass is 9.99. The highest BCUT2D eigenvalue weighted by Crippen LogP contribution is 2.45. The number of rotatable bonds is 76. The van der Waals surface area contributed by atoms with Crippen molar-refractivity contribution in [3.05, 3.63) is 0 Å². The molecule has 0 spiro atoms. The zero-order chi connectivity index (χ0) is 71.6. The first-order chi connectivity index (χ1) is 46.8. The van der Waals surface area contributed by atoms with Gasteiger partial charge in [-0.05, 0) is 43.4 Å². The van der Waals surface area contributed by atoms with E-state index in [1.165, 1.54) is 205 Å². The van der Waals surface area contributed by atoms with Crippen molar-refractivity contribution >= 4 is 39.5 Å². The van der Waals surface area contributed by atoms with E-state index >= 15 is 0 Å². The summed E-state index contributed by atoms with van der Waals surface area (Å²) < 4.78 is 68.4. The SMILES string of the molecule is CCCCCCCC(=O)OC[C@H](COP(=O)(O)OC[C@H](O)COP(=O)(O)OC[C@@H](COC(=O)CCCCCCCCCCCCCCCC(C)C)OC(=O)CCCCCCCCCCCCCCCCCCCCC(C)CC)OC(=O)CCCCCCCCCCCCC(C)CC. The number of ether oxygens (including phenoxy) is 4. The maximum Gasteiger partial charge on any atom is 0.472 e. The van der Waals surface area contributed by atoms with E-state index in [-0.39, 0.29) is 25.7 Å². The van der Waals surface area contributed by atoms with Crippen LogP contribution in [0.1, 0.15) is 402 Å². The molecule has 576 valence electrons. The van der Waals surface area contributed by atoms with Crippen molar-refractivity contribution in [1.82, 2.24) is 0 Å². The number of aliphatic hydroxyl groups is 1. The first kappa shape index (κ1) is 95.1. The minimum Gasteiger partial charge on any atom is -0.462 e. The summed E-state index contributed by atoms with van der Waals surface area (Å²) in [6.45, 7) is 11.9. The first-order valence-electron chi connectivity index (χ1n) is 40.4. The third-order valence-corrected chi connectivity index (χ3v) is 20.8. The molecule has 0 bridgehead atoms. The molecule has 0 heterocycles. The molecule has 19 heteroatoms. The van der Waals surface area contributed by atoms with Gasteiger partial charge in [-0.1, -0.05) is 350 Å². The van der Waals surface area contributed by atoms with E-state index in [1.807, 2.05) is 0 Å². The Morgan fingerprint density at radius 1 is 0.299 bits per heavy atom. The monoisotopic (exact) mass is 1420 g/mol. The Labute approximate surface area is 594 Å². The molecule has 17 nitrogen and oxygen atoms in total. The molecule has 0 saturated carbocycles. The summed E-state index contributed by atoms with van der Waals surface area (Å²) >= 11 is 0. The zero-order valence-corrected chi connectivity index (χ0v) is 65.3. The Morgan fingerprint density at radius 2 is 0.526 bits per heavy atom. The Kier molecular flexibility index (Phi) is 67.1. The summed E-state index contributed by atoms with van der Waals surface area (Å²) in [5.74, 6) is 0.339. The lowest BCUT2D eigenvalue weighted by Gasteiger charge is -2.21. The molecule has 0 aromatic carbocycles. The van der Waals surface area contributed by atoms with Gasteiger partial charge in [0.05, 0.1) is 26.4 Å². The van der Waals surface area contributed by atoms with E-state index in [0.717, 1.165) is 114 Å². The summed E-state index contributed by atoms with van der Waals surface area (Å²) in [5, 5.41) is 10.6. The van der Waals surface area contributed by atoms with Crippen molar-refractivity contribution in [2.45, 2.75) is 420 Å². The Morgan fingerprint density at radius 3 is 0.784 bits per heavy atom. The molecule has 97 heavy (non-hydrogen) atoms. The number of hydrogen-bond acceptors (Lipinski definition) is 15. The first-order valence-corrected chi connectivity index (χ1v) is 43.4. The third-order valence-electron chi connectivity index (χ3n) is 18.9. The van der Waals surface area contributed by atoms with Crippen molar-refractivity contribution in [2.24, 2.45) is 17.8 Å². The maximum atomic E-state index is 13.1. The fraction of sp³-hybridized carbons (Fsp3) is 0.949. The van der Waals surface area contributed by atoms with Gasteiger partial charge >= 0.3 is 39.5 Å². The molecule has 3 N–H and O–H groups in total. The summed E-state index contributed by atoms with van der Waals surface area (Å²) in [7, 11) is -9.90. The van der Waals surface area contributed by atoms with Crippen molar-refractivity contribution in [2.75, 3.05) is 39.6 Å². The van der Waals surface area contributed by atoms with Crippen molar-refractivity contribution < 1.29 is 80.2 Å². The van der Waals surface area contributed by atoms with Crippen LogP contribution in [0, 0.1) is 17.8 Å². The average Bonchev–Trinajstić information content (AvgIpc) is 1.23. The van der Waals surface area contributed by atoms with Gasteiger partial charge in [0, 0.05) is 25.7 Å². The number of phosphoric ester groups is 2. The molecule has 0 fully saturated rings. The van der Waals surface area contributed by atoms with Gasteiger partial charge < -0.3 is 33.8 Å². The highest BCUT2D eigenvalue weighted by atomic mass is 31.2. The van der Waals surface area contributed by atoms with Crippen molar-refractivity contribution in [3.8, 4) is 0 Å². The van der Waals surface area contributed by atoms with Crippen LogP contribution in [0.5, 0.6) is 0 Å². The topological polar surface area (TPSA) is 237 Å². The van der Waals surface area contributed by atoms with Crippen LogP contribution in [0.15, 0.2) is 0 Å². The quantitative estimate of drug-likeness (QED) is 0.0222. The normalized spacial score (nSPS) is 14.6. The van der Waals surface area contributed by atoms with Gasteiger partial charge in [0.1, 0.15) is 19.3 Å². The molecule has 7 atom stereocenters. The summed E-state index contributed by atoms with van der Waals surface area (Å²) in [4.78, 5) is 72.6. The summed E-state index contributed by atoms with van der Waals surface area (Å²) in [5.41, 5.74) is 0. The van der Waals surface area contributed by atoms with E-state index in [2.05, 4.69) is 48.5 Å². The Hall–Kier alpha value is -1.94. The predicted octanol–water partition coefficient (Wildman–Crippen LogP) is 23.0. The van der Waals surface area contributed by atoms with Crippen molar-refractivity contribution in [3.63, 3.8) is 0 Å². The lowest BCUT2D eigenvalue weighted by Crippen LogP contribution is -2.30. The number of phosphoric acid groups is 2. The molecule has 0 amide bonds. The van der Waals surface area contributed by atoms with Gasteiger partial charge in [-0.2, -0.15) is 0 Å². The number of esters is 4. The van der Waals surface area contributed by atoms with E-state index in [4.69, 9.17) is 37.0 Å². The number of unbranched alkanes of at least 4 members (excludes halogenated alkanes) is 42. The fourth-order valence-electron chi connectivity index (χ4n) is 11.9. The molecule has 0 aromatic rings. The van der Waals surface area contributed by atoms with Gasteiger partial charge in [-0.15, -0.1) is 0 Å². The number of carbonyl (C=O) groups excluding carboxylic acids is 4. The van der Waals surface area contributed by atoms with Crippen LogP contribution in [-0.2, 0) is 65.4 Å². The minimum atomic E-state index is -4.96. The molecule has 0 aromatic heterocycles. The van der Waals surface area contributed by atoms with Crippen molar-refractivity contribution in [1.29, 1.82) is 0 Å². The van der Waals surface area contributed by atoms with Crippen LogP contribution in [0.3, 0.4) is 0 Å². The van der Waals surface area contributed by atoms with E-state index in [1.54, 1.807) is 0 Å². The minimum absolute atomic E-state index is 0.105. The molecule has 0 saturated heterocycles.